The Labute approximate surface area is 180 Å². The van der Waals surface area contributed by atoms with Gasteiger partial charge in [0.1, 0.15) is 5.75 Å². The van der Waals surface area contributed by atoms with Gasteiger partial charge in [-0.1, -0.05) is 12.1 Å². The molecular formula is C19H22F2N2O6S2. The Hall–Kier alpha value is -2.12. The molecular weight excluding hydrogens is 454 g/mol. The number of sulfonamides is 2. The van der Waals surface area contributed by atoms with E-state index in [9.17, 15) is 25.6 Å². The molecule has 2 aromatic rings. The van der Waals surface area contributed by atoms with Crippen molar-refractivity contribution in [2.24, 2.45) is 0 Å². The zero-order valence-electron chi connectivity index (χ0n) is 16.6. The largest absolute Gasteiger partial charge is 0.435 e. The van der Waals surface area contributed by atoms with Crippen LogP contribution in [0.5, 0.6) is 5.75 Å². The van der Waals surface area contributed by atoms with Crippen molar-refractivity contribution in [3.8, 4) is 5.75 Å². The van der Waals surface area contributed by atoms with Crippen LogP contribution in [0, 0.1) is 0 Å². The zero-order valence-corrected chi connectivity index (χ0v) is 18.3. The van der Waals surface area contributed by atoms with Crippen molar-refractivity contribution in [1.82, 2.24) is 8.61 Å². The number of hydrogen-bond acceptors (Lipinski definition) is 6. The van der Waals surface area contributed by atoms with E-state index in [1.807, 2.05) is 0 Å². The van der Waals surface area contributed by atoms with Crippen LogP contribution in [-0.4, -0.2) is 65.4 Å². The fraction of sp³-hybridized carbons (Fsp3) is 0.368. The van der Waals surface area contributed by atoms with E-state index in [1.54, 1.807) is 6.07 Å². The monoisotopic (exact) mass is 476 g/mol. The Morgan fingerprint density at radius 2 is 1.65 bits per heavy atom. The van der Waals surface area contributed by atoms with Crippen LogP contribution >= 0.6 is 0 Å². The normalized spacial score (nSPS) is 16.0. The second kappa shape index (κ2) is 9.57. The van der Waals surface area contributed by atoms with Gasteiger partial charge in [0.2, 0.25) is 20.0 Å². The molecule has 0 aromatic heterocycles. The molecule has 170 valence electrons. The molecule has 1 fully saturated rings. The van der Waals surface area contributed by atoms with Crippen LogP contribution in [0.15, 0.2) is 58.3 Å². The minimum Gasteiger partial charge on any atom is -0.435 e. The van der Waals surface area contributed by atoms with Gasteiger partial charge in [-0.3, -0.25) is 0 Å². The standard InChI is InChI=1S/C19H22F2N2O6S2/c1-22(14-15-3-2-4-16(13-15)29-19(20)21)30(24,25)17-5-7-18(8-6-17)31(26,27)23-9-11-28-12-10-23/h2-8,13,19H,9-12,14H2,1H3. The van der Waals surface area contributed by atoms with Gasteiger partial charge in [0, 0.05) is 26.7 Å². The van der Waals surface area contributed by atoms with E-state index in [1.165, 1.54) is 53.8 Å². The molecule has 0 saturated carbocycles. The van der Waals surface area contributed by atoms with E-state index in [2.05, 4.69) is 4.74 Å². The number of hydrogen-bond donors (Lipinski definition) is 0. The van der Waals surface area contributed by atoms with Gasteiger partial charge in [-0.05, 0) is 42.0 Å². The molecule has 0 amide bonds. The molecule has 3 rings (SSSR count). The Bertz CT molecular complexity index is 1100. The van der Waals surface area contributed by atoms with E-state index < -0.39 is 26.7 Å². The summed E-state index contributed by atoms with van der Waals surface area (Å²) in [6, 6.07) is 10.7. The van der Waals surface area contributed by atoms with Crippen LogP contribution in [0.3, 0.4) is 0 Å². The molecule has 0 N–H and O–H groups in total. The number of benzene rings is 2. The predicted octanol–water partition coefficient (Wildman–Crippen LogP) is 2.13. The summed E-state index contributed by atoms with van der Waals surface area (Å²) in [5.41, 5.74) is 0.454. The van der Waals surface area contributed by atoms with Crippen molar-refractivity contribution >= 4 is 20.0 Å². The Morgan fingerprint density at radius 3 is 2.26 bits per heavy atom. The fourth-order valence-electron chi connectivity index (χ4n) is 3.06. The number of nitrogens with zero attached hydrogens (tertiary/aromatic N) is 2. The molecule has 31 heavy (non-hydrogen) atoms. The van der Waals surface area contributed by atoms with Gasteiger partial charge < -0.3 is 9.47 Å². The van der Waals surface area contributed by atoms with Crippen LogP contribution < -0.4 is 4.74 Å². The van der Waals surface area contributed by atoms with Gasteiger partial charge in [-0.25, -0.2) is 16.8 Å². The fourth-order valence-corrected chi connectivity index (χ4v) is 5.63. The molecule has 0 aliphatic carbocycles. The average molecular weight is 477 g/mol. The van der Waals surface area contributed by atoms with Gasteiger partial charge in [-0.2, -0.15) is 17.4 Å². The van der Waals surface area contributed by atoms with Crippen LogP contribution in [0.4, 0.5) is 8.78 Å². The van der Waals surface area contributed by atoms with E-state index in [-0.39, 0.29) is 35.2 Å². The lowest BCUT2D eigenvalue weighted by Crippen LogP contribution is -2.40. The number of alkyl halides is 2. The Kier molecular flexibility index (Phi) is 7.27. The van der Waals surface area contributed by atoms with Crippen molar-refractivity contribution in [3.63, 3.8) is 0 Å². The molecule has 2 aromatic carbocycles. The second-order valence-electron chi connectivity index (χ2n) is 6.77. The SMILES string of the molecule is CN(Cc1cccc(OC(F)F)c1)S(=O)(=O)c1ccc(S(=O)(=O)N2CCOCC2)cc1. The lowest BCUT2D eigenvalue weighted by Gasteiger charge is -2.26. The summed E-state index contributed by atoms with van der Waals surface area (Å²) in [6.45, 7) is -1.99. The summed E-state index contributed by atoms with van der Waals surface area (Å²) >= 11 is 0. The summed E-state index contributed by atoms with van der Waals surface area (Å²) in [4.78, 5) is -0.0937. The Morgan fingerprint density at radius 1 is 1.03 bits per heavy atom. The molecule has 0 atom stereocenters. The van der Waals surface area contributed by atoms with Crippen molar-refractivity contribution < 1.29 is 35.1 Å². The summed E-state index contributed by atoms with van der Waals surface area (Å²) < 4.78 is 87.7. The third kappa shape index (κ3) is 5.57. The van der Waals surface area contributed by atoms with E-state index in [4.69, 9.17) is 4.74 Å². The molecule has 1 heterocycles. The lowest BCUT2D eigenvalue weighted by molar-refractivity contribution is -0.0498. The molecule has 0 unspecified atom stereocenters. The third-order valence-corrected chi connectivity index (χ3v) is 8.40. The molecule has 0 spiro atoms. The minimum absolute atomic E-state index is 0.00662. The summed E-state index contributed by atoms with van der Waals surface area (Å²) in [7, 11) is -6.34. The topological polar surface area (TPSA) is 93.2 Å². The summed E-state index contributed by atoms with van der Waals surface area (Å²) in [5.74, 6) is -0.0732. The number of ether oxygens (including phenoxy) is 2. The third-order valence-electron chi connectivity index (χ3n) is 4.67. The summed E-state index contributed by atoms with van der Waals surface area (Å²) in [5, 5.41) is 0. The first kappa shape index (κ1) is 23.5. The van der Waals surface area contributed by atoms with Gasteiger partial charge in [0.05, 0.1) is 23.0 Å². The van der Waals surface area contributed by atoms with Gasteiger partial charge in [0.15, 0.2) is 0 Å². The second-order valence-corrected chi connectivity index (χ2v) is 10.8. The van der Waals surface area contributed by atoms with Crippen LogP contribution in [0.1, 0.15) is 5.56 Å². The molecule has 12 heteroatoms. The first-order valence-corrected chi connectivity index (χ1v) is 12.2. The van der Waals surface area contributed by atoms with Crippen LogP contribution in [-0.2, 0) is 31.3 Å². The number of morpholine rings is 1. The summed E-state index contributed by atoms with van der Waals surface area (Å²) in [6.07, 6.45) is 0. The highest BCUT2D eigenvalue weighted by atomic mass is 32.2. The molecule has 1 aliphatic rings. The van der Waals surface area contributed by atoms with Gasteiger partial charge >= 0.3 is 6.61 Å². The lowest BCUT2D eigenvalue weighted by atomic mass is 10.2. The van der Waals surface area contributed by atoms with Crippen molar-refractivity contribution in [1.29, 1.82) is 0 Å². The van der Waals surface area contributed by atoms with Crippen molar-refractivity contribution in [2.75, 3.05) is 33.4 Å². The maximum absolute atomic E-state index is 12.9. The van der Waals surface area contributed by atoms with E-state index >= 15 is 0 Å². The highest BCUT2D eigenvalue weighted by molar-refractivity contribution is 7.89. The van der Waals surface area contributed by atoms with Gasteiger partial charge in [0.25, 0.3) is 0 Å². The number of halogens is 2. The number of rotatable bonds is 8. The highest BCUT2D eigenvalue weighted by Gasteiger charge is 2.27. The average Bonchev–Trinajstić information content (AvgIpc) is 2.74. The van der Waals surface area contributed by atoms with Crippen LogP contribution in [0.2, 0.25) is 0 Å². The first-order valence-electron chi connectivity index (χ1n) is 9.29. The highest BCUT2D eigenvalue weighted by Crippen LogP contribution is 2.23. The zero-order chi connectivity index (χ0) is 22.6. The molecule has 0 radical (unpaired) electrons. The first-order chi connectivity index (χ1) is 14.6. The van der Waals surface area contributed by atoms with Crippen molar-refractivity contribution in [3.05, 3.63) is 54.1 Å². The molecule has 0 bridgehead atoms. The van der Waals surface area contributed by atoms with E-state index in [0.717, 1.165) is 4.31 Å². The maximum Gasteiger partial charge on any atom is 0.387 e. The van der Waals surface area contributed by atoms with Crippen molar-refractivity contribution in [2.45, 2.75) is 22.9 Å². The van der Waals surface area contributed by atoms with E-state index in [0.29, 0.717) is 18.8 Å². The smallest absolute Gasteiger partial charge is 0.387 e. The molecule has 1 saturated heterocycles. The van der Waals surface area contributed by atoms with Gasteiger partial charge in [-0.15, -0.1) is 0 Å². The minimum atomic E-state index is -3.94. The predicted molar refractivity (Wildman–Crippen MR) is 108 cm³/mol. The quantitative estimate of drug-likeness (QED) is 0.580. The Balaban J connectivity index is 1.75. The van der Waals surface area contributed by atoms with Crippen LogP contribution in [0.25, 0.3) is 0 Å². The molecule has 8 nitrogen and oxygen atoms in total. The maximum atomic E-state index is 12.9. The molecule has 1 aliphatic heterocycles.